The third-order valence-corrected chi connectivity index (χ3v) is 4.65. The first kappa shape index (κ1) is 11.9. The molecule has 16 heavy (non-hydrogen) atoms. The minimum absolute atomic E-state index is 0.235. The molecule has 2 nitrogen and oxygen atoms in total. The molecule has 1 atom stereocenters. The van der Waals surface area contributed by atoms with Crippen LogP contribution in [0.15, 0.2) is 32.9 Å². The number of halogens is 1. The summed E-state index contributed by atoms with van der Waals surface area (Å²) in [6.45, 7) is 5.16. The molecule has 0 fully saturated rings. The van der Waals surface area contributed by atoms with Crippen LogP contribution in [0.5, 0.6) is 0 Å². The van der Waals surface area contributed by atoms with Crippen molar-refractivity contribution in [2.45, 2.75) is 19.9 Å². The van der Waals surface area contributed by atoms with E-state index in [1.54, 1.807) is 23.9 Å². The first-order valence-electron chi connectivity index (χ1n) is 5.23. The van der Waals surface area contributed by atoms with Crippen LogP contribution in [0.1, 0.15) is 29.0 Å². The van der Waals surface area contributed by atoms with E-state index in [2.05, 4.69) is 41.2 Å². The maximum atomic E-state index is 5.15. The lowest BCUT2D eigenvalue weighted by Crippen LogP contribution is -2.20. The topological polar surface area (TPSA) is 25.2 Å². The Bertz CT molecular complexity index is 430. The average molecular weight is 300 g/mol. The number of aryl methyl sites for hydroxylation is 1. The highest BCUT2D eigenvalue weighted by Crippen LogP contribution is 2.34. The van der Waals surface area contributed by atoms with Crippen molar-refractivity contribution < 1.29 is 4.42 Å². The molecule has 0 radical (unpaired) electrons. The van der Waals surface area contributed by atoms with Gasteiger partial charge in [-0.25, -0.2) is 0 Å². The van der Waals surface area contributed by atoms with Gasteiger partial charge >= 0.3 is 0 Å². The zero-order chi connectivity index (χ0) is 11.5. The van der Waals surface area contributed by atoms with Crippen LogP contribution in [0.25, 0.3) is 0 Å². The van der Waals surface area contributed by atoms with Crippen molar-refractivity contribution in [2.24, 2.45) is 0 Å². The van der Waals surface area contributed by atoms with Gasteiger partial charge in [-0.2, -0.15) is 0 Å². The lowest BCUT2D eigenvalue weighted by Gasteiger charge is -2.14. The lowest BCUT2D eigenvalue weighted by atomic mass is 10.1. The molecule has 0 aliphatic carbocycles. The van der Waals surface area contributed by atoms with Gasteiger partial charge in [0.2, 0.25) is 0 Å². The maximum Gasteiger partial charge on any atom is 0.0954 e. The highest BCUT2D eigenvalue weighted by molar-refractivity contribution is 9.11. The Morgan fingerprint density at radius 1 is 1.56 bits per heavy atom. The van der Waals surface area contributed by atoms with Crippen molar-refractivity contribution in [2.75, 3.05) is 6.54 Å². The fourth-order valence-corrected chi connectivity index (χ4v) is 3.33. The first-order chi connectivity index (χ1) is 7.72. The summed E-state index contributed by atoms with van der Waals surface area (Å²) in [5, 5.41) is 3.47. The van der Waals surface area contributed by atoms with Gasteiger partial charge in [0, 0.05) is 10.4 Å². The van der Waals surface area contributed by atoms with Crippen LogP contribution in [-0.4, -0.2) is 6.54 Å². The van der Waals surface area contributed by atoms with Gasteiger partial charge in [-0.05, 0) is 47.1 Å². The predicted molar refractivity (Wildman–Crippen MR) is 71.0 cm³/mol. The predicted octanol–water partition coefficient (Wildman–Crippen LogP) is 4.11. The number of nitrogens with one attached hydrogen (secondary N) is 1. The highest BCUT2D eigenvalue weighted by Gasteiger charge is 2.17. The monoisotopic (exact) mass is 299 g/mol. The number of thiophene rings is 1. The number of hydrogen-bond acceptors (Lipinski definition) is 3. The van der Waals surface area contributed by atoms with E-state index in [1.807, 2.05) is 6.07 Å². The third kappa shape index (κ3) is 2.39. The zero-order valence-electron chi connectivity index (χ0n) is 9.29. The van der Waals surface area contributed by atoms with Gasteiger partial charge in [-0.3, -0.25) is 0 Å². The summed E-state index contributed by atoms with van der Waals surface area (Å²) in [6, 6.07) is 4.46. The van der Waals surface area contributed by atoms with Crippen LogP contribution < -0.4 is 5.32 Å². The molecule has 0 saturated heterocycles. The lowest BCUT2D eigenvalue weighted by molar-refractivity contribution is 0.554. The third-order valence-electron chi connectivity index (χ3n) is 2.45. The van der Waals surface area contributed by atoms with Crippen molar-refractivity contribution in [3.8, 4) is 0 Å². The molecule has 2 aromatic rings. The standard InChI is InChI=1S/C12H14BrNOS/c1-3-14-11(9-4-5-15-7-9)10-6-8(2)12(13)16-10/h4-7,11,14H,3H2,1-2H3. The van der Waals surface area contributed by atoms with E-state index < -0.39 is 0 Å². The van der Waals surface area contributed by atoms with Gasteiger partial charge in [0.15, 0.2) is 0 Å². The molecule has 86 valence electrons. The second-order valence-corrected chi connectivity index (χ2v) is 6.05. The summed E-state index contributed by atoms with van der Waals surface area (Å²) in [5.74, 6) is 0. The molecule has 4 heteroatoms. The Morgan fingerprint density at radius 2 is 2.38 bits per heavy atom. The maximum absolute atomic E-state index is 5.15. The van der Waals surface area contributed by atoms with E-state index in [1.165, 1.54) is 19.8 Å². The molecule has 0 aliphatic heterocycles. The normalized spacial score (nSPS) is 12.9. The fourth-order valence-electron chi connectivity index (χ4n) is 1.65. The molecule has 2 rings (SSSR count). The Balaban J connectivity index is 2.32. The largest absolute Gasteiger partial charge is 0.472 e. The Kier molecular flexibility index (Phi) is 3.84. The molecule has 0 spiro atoms. The molecule has 2 heterocycles. The van der Waals surface area contributed by atoms with E-state index >= 15 is 0 Å². The first-order valence-corrected chi connectivity index (χ1v) is 6.84. The summed E-state index contributed by atoms with van der Waals surface area (Å²) in [5.41, 5.74) is 2.46. The van der Waals surface area contributed by atoms with Crippen LogP contribution >= 0.6 is 27.3 Å². The SMILES string of the molecule is CCNC(c1ccoc1)c1cc(C)c(Br)s1. The second-order valence-electron chi connectivity index (χ2n) is 3.65. The molecule has 1 N–H and O–H groups in total. The summed E-state index contributed by atoms with van der Waals surface area (Å²) < 4.78 is 6.36. The van der Waals surface area contributed by atoms with E-state index in [0.717, 1.165) is 6.54 Å². The van der Waals surface area contributed by atoms with E-state index in [4.69, 9.17) is 4.42 Å². The molecule has 2 aromatic heterocycles. The molecule has 0 saturated carbocycles. The molecule has 1 unspecified atom stereocenters. The van der Waals surface area contributed by atoms with Gasteiger partial charge in [0.25, 0.3) is 0 Å². The van der Waals surface area contributed by atoms with E-state index in [9.17, 15) is 0 Å². The minimum atomic E-state index is 0.235. The Morgan fingerprint density at radius 3 is 2.88 bits per heavy atom. The van der Waals surface area contributed by atoms with Gasteiger partial charge < -0.3 is 9.73 Å². The van der Waals surface area contributed by atoms with Crippen molar-refractivity contribution in [3.05, 3.63) is 44.4 Å². The number of rotatable bonds is 4. The summed E-state index contributed by atoms with van der Waals surface area (Å²) in [7, 11) is 0. The Hall–Kier alpha value is -0.580. The zero-order valence-corrected chi connectivity index (χ0v) is 11.7. The summed E-state index contributed by atoms with van der Waals surface area (Å²) in [4.78, 5) is 1.31. The van der Waals surface area contributed by atoms with Gasteiger partial charge in [0.05, 0.1) is 22.4 Å². The smallest absolute Gasteiger partial charge is 0.0954 e. The summed E-state index contributed by atoms with van der Waals surface area (Å²) >= 11 is 5.34. The van der Waals surface area contributed by atoms with Crippen molar-refractivity contribution in [1.29, 1.82) is 0 Å². The Labute approximate surface area is 108 Å². The highest BCUT2D eigenvalue weighted by atomic mass is 79.9. The van der Waals surface area contributed by atoms with Crippen LogP contribution in [-0.2, 0) is 0 Å². The minimum Gasteiger partial charge on any atom is -0.472 e. The van der Waals surface area contributed by atoms with Gasteiger partial charge in [0.1, 0.15) is 0 Å². The number of hydrogen-bond donors (Lipinski definition) is 1. The molecule has 0 aromatic carbocycles. The van der Waals surface area contributed by atoms with Crippen molar-refractivity contribution in [3.63, 3.8) is 0 Å². The van der Waals surface area contributed by atoms with Crippen molar-refractivity contribution in [1.82, 2.24) is 5.32 Å². The van der Waals surface area contributed by atoms with Gasteiger partial charge in [-0.15, -0.1) is 11.3 Å². The fraction of sp³-hybridized carbons (Fsp3) is 0.333. The number of furan rings is 1. The quantitative estimate of drug-likeness (QED) is 0.919. The van der Waals surface area contributed by atoms with E-state index in [0.29, 0.717) is 0 Å². The van der Waals surface area contributed by atoms with Crippen molar-refractivity contribution >= 4 is 27.3 Å². The van der Waals surface area contributed by atoms with Gasteiger partial charge in [-0.1, -0.05) is 6.92 Å². The van der Waals surface area contributed by atoms with E-state index in [-0.39, 0.29) is 6.04 Å². The molecule has 0 aliphatic rings. The van der Waals surface area contributed by atoms with Crippen LogP contribution in [0.2, 0.25) is 0 Å². The van der Waals surface area contributed by atoms with Crippen LogP contribution in [0.4, 0.5) is 0 Å². The molecule has 0 bridgehead atoms. The summed E-state index contributed by atoms with van der Waals surface area (Å²) in [6.07, 6.45) is 3.52. The molecule has 0 amide bonds. The molecular weight excluding hydrogens is 286 g/mol. The average Bonchev–Trinajstić information content (AvgIpc) is 2.86. The molecular formula is C12H14BrNOS. The van der Waals surface area contributed by atoms with Crippen LogP contribution in [0, 0.1) is 6.92 Å². The van der Waals surface area contributed by atoms with Crippen LogP contribution in [0.3, 0.4) is 0 Å². The second kappa shape index (κ2) is 5.17.